The van der Waals surface area contributed by atoms with E-state index in [4.69, 9.17) is 5.73 Å². The molecule has 0 aliphatic heterocycles. The van der Waals surface area contributed by atoms with Crippen molar-refractivity contribution >= 4 is 5.52 Å². The predicted octanol–water partition coefficient (Wildman–Crippen LogP) is 3.13. The van der Waals surface area contributed by atoms with E-state index < -0.39 is 0 Å². The van der Waals surface area contributed by atoms with Gasteiger partial charge in [0.2, 0.25) is 0 Å². The monoisotopic (exact) mass is 230 g/mol. The molecule has 0 aromatic carbocycles. The first-order chi connectivity index (χ1) is 8.04. The van der Waals surface area contributed by atoms with Gasteiger partial charge in [0.25, 0.3) is 0 Å². The minimum absolute atomic E-state index is 0.190. The molecule has 2 aromatic rings. The average molecular weight is 230 g/mol. The Hall–Kier alpha value is -1.28. The number of nitrogens with two attached hydrogens (primary N) is 1. The molecule has 2 nitrogen and oxygen atoms in total. The summed E-state index contributed by atoms with van der Waals surface area (Å²) in [6.45, 7) is 7.57. The molecule has 2 aromatic heterocycles. The van der Waals surface area contributed by atoms with E-state index >= 15 is 0 Å². The number of pyridine rings is 1. The first-order valence-electron chi connectivity index (χ1n) is 6.33. The van der Waals surface area contributed by atoms with E-state index in [9.17, 15) is 0 Å². The zero-order chi connectivity index (χ0) is 12.5. The predicted molar refractivity (Wildman–Crippen MR) is 73.5 cm³/mol. The molecule has 0 saturated carbocycles. The summed E-state index contributed by atoms with van der Waals surface area (Å²) in [6.07, 6.45) is 4.25. The second kappa shape index (κ2) is 4.53. The highest BCUT2D eigenvalue weighted by Gasteiger charge is 2.20. The van der Waals surface area contributed by atoms with E-state index in [0.717, 1.165) is 19.4 Å². The number of fused-ring (bicyclic) bond motifs is 1. The summed E-state index contributed by atoms with van der Waals surface area (Å²) in [4.78, 5) is 0. The van der Waals surface area contributed by atoms with Gasteiger partial charge < -0.3 is 10.1 Å². The molecular formula is C15H22N2. The molecule has 0 saturated heterocycles. The summed E-state index contributed by atoms with van der Waals surface area (Å²) in [6, 6.07) is 8.66. The molecule has 2 rings (SSSR count). The normalized spacial score (nSPS) is 12.2. The van der Waals surface area contributed by atoms with Crippen LogP contribution in [0.5, 0.6) is 0 Å². The van der Waals surface area contributed by atoms with Crippen LogP contribution < -0.4 is 5.73 Å². The Labute approximate surface area is 103 Å². The molecule has 0 atom stereocenters. The summed E-state index contributed by atoms with van der Waals surface area (Å²) >= 11 is 0. The molecule has 0 unspecified atom stereocenters. The van der Waals surface area contributed by atoms with Gasteiger partial charge in [0.1, 0.15) is 0 Å². The fraction of sp³-hybridized carbons (Fsp3) is 0.467. The number of aromatic nitrogens is 1. The van der Waals surface area contributed by atoms with E-state index in [1.54, 1.807) is 0 Å². The van der Waals surface area contributed by atoms with Crippen molar-refractivity contribution in [1.82, 2.24) is 4.40 Å². The minimum Gasteiger partial charge on any atom is -0.330 e. The summed E-state index contributed by atoms with van der Waals surface area (Å²) in [5.41, 5.74) is 9.97. The SMILES string of the molecule is CC(C)(C)c1cc2ccccn2c1CCCN. The highest BCUT2D eigenvalue weighted by Crippen LogP contribution is 2.29. The van der Waals surface area contributed by atoms with Gasteiger partial charge in [-0.1, -0.05) is 26.8 Å². The van der Waals surface area contributed by atoms with Gasteiger partial charge in [0.15, 0.2) is 0 Å². The minimum atomic E-state index is 0.190. The Kier molecular flexibility index (Phi) is 3.25. The van der Waals surface area contributed by atoms with E-state index in [2.05, 4.69) is 55.6 Å². The van der Waals surface area contributed by atoms with Crippen molar-refractivity contribution in [2.45, 2.75) is 39.0 Å². The number of aryl methyl sites for hydroxylation is 1. The van der Waals surface area contributed by atoms with Crippen LogP contribution in [0.15, 0.2) is 30.5 Å². The molecule has 0 spiro atoms. The van der Waals surface area contributed by atoms with E-state index in [-0.39, 0.29) is 5.41 Å². The maximum Gasteiger partial charge on any atom is 0.0455 e. The van der Waals surface area contributed by atoms with Gasteiger partial charge in [-0.05, 0) is 48.6 Å². The first-order valence-corrected chi connectivity index (χ1v) is 6.33. The third-order valence-electron chi connectivity index (χ3n) is 3.21. The fourth-order valence-electron chi connectivity index (χ4n) is 2.35. The molecule has 17 heavy (non-hydrogen) atoms. The lowest BCUT2D eigenvalue weighted by Crippen LogP contribution is -2.14. The molecular weight excluding hydrogens is 208 g/mol. The van der Waals surface area contributed by atoms with Crippen molar-refractivity contribution < 1.29 is 0 Å². The van der Waals surface area contributed by atoms with Crippen LogP contribution in [-0.2, 0) is 11.8 Å². The van der Waals surface area contributed by atoms with Crippen LogP contribution in [0.4, 0.5) is 0 Å². The lowest BCUT2D eigenvalue weighted by Gasteiger charge is -2.19. The maximum absolute atomic E-state index is 5.64. The van der Waals surface area contributed by atoms with Crippen LogP contribution in [0.25, 0.3) is 5.52 Å². The van der Waals surface area contributed by atoms with Crippen LogP contribution in [0.1, 0.15) is 38.4 Å². The van der Waals surface area contributed by atoms with Crippen LogP contribution in [0, 0.1) is 0 Å². The van der Waals surface area contributed by atoms with Gasteiger partial charge in [0.05, 0.1) is 0 Å². The van der Waals surface area contributed by atoms with Crippen molar-refractivity contribution in [2.75, 3.05) is 6.54 Å². The molecule has 0 aliphatic carbocycles. The number of nitrogens with zero attached hydrogens (tertiary/aromatic N) is 1. The van der Waals surface area contributed by atoms with E-state index in [1.165, 1.54) is 16.8 Å². The zero-order valence-electron chi connectivity index (χ0n) is 11.0. The highest BCUT2D eigenvalue weighted by molar-refractivity contribution is 5.55. The van der Waals surface area contributed by atoms with Crippen molar-refractivity contribution in [3.63, 3.8) is 0 Å². The Balaban J connectivity index is 2.57. The third kappa shape index (κ3) is 2.37. The molecule has 0 bridgehead atoms. The largest absolute Gasteiger partial charge is 0.330 e. The topological polar surface area (TPSA) is 30.4 Å². The number of hydrogen-bond acceptors (Lipinski definition) is 1. The summed E-state index contributed by atoms with van der Waals surface area (Å²) < 4.78 is 2.30. The molecule has 0 amide bonds. The van der Waals surface area contributed by atoms with Gasteiger partial charge in [0, 0.05) is 17.4 Å². The van der Waals surface area contributed by atoms with Crippen molar-refractivity contribution in [1.29, 1.82) is 0 Å². The van der Waals surface area contributed by atoms with Gasteiger partial charge in [-0.25, -0.2) is 0 Å². The highest BCUT2D eigenvalue weighted by atomic mass is 14.9. The van der Waals surface area contributed by atoms with Crippen LogP contribution in [0.3, 0.4) is 0 Å². The summed E-state index contributed by atoms with van der Waals surface area (Å²) in [7, 11) is 0. The van der Waals surface area contributed by atoms with E-state index in [1.807, 2.05) is 0 Å². The van der Waals surface area contributed by atoms with Gasteiger partial charge in [-0.2, -0.15) is 0 Å². The lowest BCUT2D eigenvalue weighted by atomic mass is 9.86. The molecule has 0 radical (unpaired) electrons. The molecule has 0 fully saturated rings. The molecule has 0 aliphatic rings. The zero-order valence-corrected chi connectivity index (χ0v) is 11.0. The summed E-state index contributed by atoms with van der Waals surface area (Å²) in [5.74, 6) is 0. The Morgan fingerprint density at radius 3 is 2.65 bits per heavy atom. The molecule has 2 heteroatoms. The Morgan fingerprint density at radius 1 is 1.24 bits per heavy atom. The second-order valence-corrected chi connectivity index (χ2v) is 5.64. The summed E-state index contributed by atoms with van der Waals surface area (Å²) in [5, 5.41) is 0. The molecule has 2 N–H and O–H groups in total. The van der Waals surface area contributed by atoms with Gasteiger partial charge in [-0.3, -0.25) is 0 Å². The Bertz CT molecular complexity index is 503. The van der Waals surface area contributed by atoms with Crippen molar-refractivity contribution in [3.05, 3.63) is 41.7 Å². The van der Waals surface area contributed by atoms with E-state index in [0.29, 0.717) is 0 Å². The Morgan fingerprint density at radius 2 is 2.00 bits per heavy atom. The van der Waals surface area contributed by atoms with Crippen LogP contribution in [0.2, 0.25) is 0 Å². The third-order valence-corrected chi connectivity index (χ3v) is 3.21. The standard InChI is InChI=1S/C15H22N2/c1-15(2,3)13-11-12-7-4-5-10-17(12)14(13)8-6-9-16/h4-5,7,10-11H,6,8-9,16H2,1-3H3. The van der Waals surface area contributed by atoms with Crippen LogP contribution in [-0.4, -0.2) is 10.9 Å². The van der Waals surface area contributed by atoms with Gasteiger partial charge >= 0.3 is 0 Å². The van der Waals surface area contributed by atoms with Gasteiger partial charge in [-0.15, -0.1) is 0 Å². The van der Waals surface area contributed by atoms with Crippen molar-refractivity contribution in [3.8, 4) is 0 Å². The lowest BCUT2D eigenvalue weighted by molar-refractivity contribution is 0.578. The molecule has 92 valence electrons. The average Bonchev–Trinajstić information content (AvgIpc) is 2.65. The number of rotatable bonds is 3. The number of hydrogen-bond donors (Lipinski definition) is 1. The maximum atomic E-state index is 5.64. The fourth-order valence-corrected chi connectivity index (χ4v) is 2.35. The quantitative estimate of drug-likeness (QED) is 0.862. The first kappa shape index (κ1) is 12.2. The molecule has 2 heterocycles. The smallest absolute Gasteiger partial charge is 0.0455 e. The van der Waals surface area contributed by atoms with Crippen LogP contribution >= 0.6 is 0 Å². The van der Waals surface area contributed by atoms with Crippen molar-refractivity contribution in [2.24, 2.45) is 5.73 Å². The second-order valence-electron chi connectivity index (χ2n) is 5.64.